The molecule has 1 aromatic carbocycles. The smallest absolute Gasteiger partial charge is 0.329 e. The average Bonchev–Trinajstić information content (AvgIpc) is 2.28. The van der Waals surface area contributed by atoms with Crippen molar-refractivity contribution < 1.29 is 19.4 Å². The lowest BCUT2D eigenvalue weighted by Gasteiger charge is -2.05. The van der Waals surface area contributed by atoms with E-state index in [0.717, 1.165) is 4.47 Å². The zero-order chi connectivity index (χ0) is 12.7. The van der Waals surface area contributed by atoms with Crippen molar-refractivity contribution in [1.82, 2.24) is 5.32 Å². The number of ether oxygens (including phenoxy) is 1. The van der Waals surface area contributed by atoms with Crippen molar-refractivity contribution in [3.63, 3.8) is 0 Å². The summed E-state index contributed by atoms with van der Waals surface area (Å²) in [5, 5.41) is 10.9. The number of carbonyl (C=O) groups is 2. The maximum Gasteiger partial charge on any atom is 0.329 e. The van der Waals surface area contributed by atoms with Gasteiger partial charge in [-0.05, 0) is 18.2 Å². The van der Waals surface area contributed by atoms with Crippen LogP contribution in [0.25, 0.3) is 0 Å². The molecule has 0 aliphatic carbocycles. The first-order valence-corrected chi connectivity index (χ1v) is 5.72. The molecule has 1 rings (SSSR count). The highest BCUT2D eigenvalue weighted by atomic mass is 79.9. The fourth-order valence-corrected chi connectivity index (χ4v) is 1.53. The molecule has 0 saturated carbocycles. The number of amides is 1. The van der Waals surface area contributed by atoms with Crippen molar-refractivity contribution in [2.75, 3.05) is 19.8 Å². The van der Waals surface area contributed by atoms with Crippen molar-refractivity contribution in [3.8, 4) is 0 Å². The summed E-state index contributed by atoms with van der Waals surface area (Å²) in [5.41, 5.74) is 0.539. The number of halogens is 1. The Morgan fingerprint density at radius 3 is 2.82 bits per heavy atom. The molecule has 0 unspecified atom stereocenters. The Kier molecular flexibility index (Phi) is 5.65. The molecule has 92 valence electrons. The van der Waals surface area contributed by atoms with E-state index in [1.54, 1.807) is 18.2 Å². The van der Waals surface area contributed by atoms with Gasteiger partial charge in [0.05, 0.1) is 6.61 Å². The van der Waals surface area contributed by atoms with Crippen LogP contribution in [0.1, 0.15) is 10.4 Å². The van der Waals surface area contributed by atoms with E-state index in [-0.39, 0.29) is 25.7 Å². The van der Waals surface area contributed by atoms with E-state index in [4.69, 9.17) is 9.84 Å². The van der Waals surface area contributed by atoms with E-state index >= 15 is 0 Å². The summed E-state index contributed by atoms with van der Waals surface area (Å²) in [7, 11) is 0. The van der Waals surface area contributed by atoms with Crippen molar-refractivity contribution in [2.45, 2.75) is 0 Å². The van der Waals surface area contributed by atoms with E-state index in [2.05, 4.69) is 21.2 Å². The third kappa shape index (κ3) is 5.46. The van der Waals surface area contributed by atoms with Crippen LogP contribution in [0, 0.1) is 0 Å². The maximum atomic E-state index is 11.6. The summed E-state index contributed by atoms with van der Waals surface area (Å²) < 4.78 is 5.61. The van der Waals surface area contributed by atoms with Crippen molar-refractivity contribution in [2.24, 2.45) is 0 Å². The number of hydrogen-bond donors (Lipinski definition) is 2. The molecule has 6 heteroatoms. The first-order valence-electron chi connectivity index (χ1n) is 4.93. The summed E-state index contributed by atoms with van der Waals surface area (Å²) in [6, 6.07) is 6.98. The van der Waals surface area contributed by atoms with Crippen LogP contribution in [0.5, 0.6) is 0 Å². The number of hydrogen-bond acceptors (Lipinski definition) is 3. The largest absolute Gasteiger partial charge is 0.480 e. The summed E-state index contributed by atoms with van der Waals surface area (Å²) in [6.45, 7) is 0.0947. The van der Waals surface area contributed by atoms with Gasteiger partial charge in [-0.15, -0.1) is 0 Å². The minimum atomic E-state index is -1.02. The molecule has 0 heterocycles. The molecule has 17 heavy (non-hydrogen) atoms. The van der Waals surface area contributed by atoms with E-state index < -0.39 is 5.97 Å². The van der Waals surface area contributed by atoms with Crippen LogP contribution in [-0.2, 0) is 9.53 Å². The quantitative estimate of drug-likeness (QED) is 0.776. The second-order valence-corrected chi connectivity index (χ2v) is 4.13. The topological polar surface area (TPSA) is 75.6 Å². The van der Waals surface area contributed by atoms with Crippen LogP contribution >= 0.6 is 15.9 Å². The van der Waals surface area contributed by atoms with E-state index in [9.17, 15) is 9.59 Å². The number of aliphatic carboxylic acids is 1. The zero-order valence-electron chi connectivity index (χ0n) is 8.98. The maximum absolute atomic E-state index is 11.6. The average molecular weight is 302 g/mol. The van der Waals surface area contributed by atoms with Crippen LogP contribution in [0.3, 0.4) is 0 Å². The fraction of sp³-hybridized carbons (Fsp3) is 0.273. The van der Waals surface area contributed by atoms with Gasteiger partial charge in [-0.1, -0.05) is 22.0 Å². The Hall–Kier alpha value is -1.40. The highest BCUT2D eigenvalue weighted by Crippen LogP contribution is 2.11. The highest BCUT2D eigenvalue weighted by Gasteiger charge is 2.04. The van der Waals surface area contributed by atoms with Crippen LogP contribution < -0.4 is 5.32 Å². The summed E-state index contributed by atoms with van der Waals surface area (Å²) in [4.78, 5) is 21.7. The molecule has 0 fully saturated rings. The Labute approximate surface area is 107 Å². The lowest BCUT2D eigenvalue weighted by Crippen LogP contribution is -2.27. The third-order valence-electron chi connectivity index (χ3n) is 1.84. The molecule has 5 nitrogen and oxygen atoms in total. The highest BCUT2D eigenvalue weighted by molar-refractivity contribution is 9.10. The van der Waals surface area contributed by atoms with Crippen LogP contribution in [0.4, 0.5) is 0 Å². The molecular formula is C11H12BrNO4. The predicted octanol–water partition coefficient (Wildman–Crippen LogP) is 1.28. The number of carbonyl (C=O) groups excluding carboxylic acids is 1. The molecule has 0 aliphatic heterocycles. The molecule has 1 aromatic rings. The molecular weight excluding hydrogens is 290 g/mol. The lowest BCUT2D eigenvalue weighted by molar-refractivity contribution is -0.142. The summed E-state index contributed by atoms with van der Waals surface area (Å²) >= 11 is 3.27. The van der Waals surface area contributed by atoms with Gasteiger partial charge in [0.15, 0.2) is 0 Å². The van der Waals surface area contributed by atoms with Gasteiger partial charge in [-0.2, -0.15) is 0 Å². The SMILES string of the molecule is O=C(O)COCCNC(=O)c1cccc(Br)c1. The fourth-order valence-electron chi connectivity index (χ4n) is 1.13. The molecule has 0 saturated heterocycles. The molecule has 0 atom stereocenters. The van der Waals surface area contributed by atoms with E-state index in [1.165, 1.54) is 0 Å². The predicted molar refractivity (Wildman–Crippen MR) is 64.9 cm³/mol. The van der Waals surface area contributed by atoms with E-state index in [0.29, 0.717) is 5.56 Å². The number of benzene rings is 1. The number of carboxylic acids is 1. The summed E-state index contributed by atoms with van der Waals surface area (Å²) in [5.74, 6) is -1.24. The Bertz CT molecular complexity index is 408. The van der Waals surface area contributed by atoms with Gasteiger partial charge in [0.25, 0.3) is 5.91 Å². The molecule has 0 spiro atoms. The number of nitrogens with one attached hydrogen (secondary N) is 1. The van der Waals surface area contributed by atoms with Gasteiger partial charge in [0.1, 0.15) is 6.61 Å². The Morgan fingerprint density at radius 2 is 2.18 bits per heavy atom. The van der Waals surface area contributed by atoms with Gasteiger partial charge in [-0.3, -0.25) is 4.79 Å². The van der Waals surface area contributed by atoms with Crippen molar-refractivity contribution in [3.05, 3.63) is 34.3 Å². The molecule has 0 aliphatic rings. The monoisotopic (exact) mass is 301 g/mol. The summed E-state index contributed by atoms with van der Waals surface area (Å²) in [6.07, 6.45) is 0. The Morgan fingerprint density at radius 1 is 1.41 bits per heavy atom. The molecule has 1 amide bonds. The number of rotatable bonds is 6. The zero-order valence-corrected chi connectivity index (χ0v) is 10.6. The van der Waals surface area contributed by atoms with Gasteiger partial charge in [0.2, 0.25) is 0 Å². The second kappa shape index (κ2) is 7.03. The minimum absolute atomic E-state index is 0.173. The first-order chi connectivity index (χ1) is 8.09. The standard InChI is InChI=1S/C11H12BrNO4/c12-9-3-1-2-8(6-9)11(16)13-4-5-17-7-10(14)15/h1-3,6H,4-5,7H2,(H,13,16)(H,14,15). The van der Waals surface area contributed by atoms with Crippen molar-refractivity contribution in [1.29, 1.82) is 0 Å². The molecule has 0 radical (unpaired) electrons. The Balaban J connectivity index is 2.28. The van der Waals surface area contributed by atoms with Crippen molar-refractivity contribution >= 4 is 27.8 Å². The third-order valence-corrected chi connectivity index (χ3v) is 2.34. The van der Waals surface area contributed by atoms with E-state index in [1.807, 2.05) is 6.07 Å². The normalized spacial score (nSPS) is 9.94. The second-order valence-electron chi connectivity index (χ2n) is 3.21. The van der Waals surface area contributed by atoms with Gasteiger partial charge in [-0.25, -0.2) is 4.79 Å². The molecule has 2 N–H and O–H groups in total. The first kappa shape index (κ1) is 13.7. The van der Waals surface area contributed by atoms with Crippen LogP contribution in [0.2, 0.25) is 0 Å². The minimum Gasteiger partial charge on any atom is -0.480 e. The number of carboxylic acid groups (broad SMARTS) is 1. The molecule has 0 aromatic heterocycles. The lowest BCUT2D eigenvalue weighted by atomic mass is 10.2. The molecule has 0 bridgehead atoms. The van der Waals surface area contributed by atoms with Gasteiger partial charge < -0.3 is 15.2 Å². The van der Waals surface area contributed by atoms with Gasteiger partial charge in [0, 0.05) is 16.6 Å². The van der Waals surface area contributed by atoms with Crippen LogP contribution in [0.15, 0.2) is 28.7 Å². The van der Waals surface area contributed by atoms with Gasteiger partial charge >= 0.3 is 5.97 Å². The van der Waals surface area contributed by atoms with Crippen LogP contribution in [-0.4, -0.2) is 36.7 Å².